The molecule has 1 aliphatic rings. The summed E-state index contributed by atoms with van der Waals surface area (Å²) in [6.45, 7) is 1.37. The number of pyridine rings is 1. The Morgan fingerprint density at radius 2 is 1.92 bits per heavy atom. The summed E-state index contributed by atoms with van der Waals surface area (Å²) < 4.78 is 13.6. The van der Waals surface area contributed by atoms with Gasteiger partial charge in [0.15, 0.2) is 0 Å². The molecule has 0 saturated carbocycles. The molecule has 1 fully saturated rings. The van der Waals surface area contributed by atoms with E-state index >= 15 is 0 Å². The van der Waals surface area contributed by atoms with Gasteiger partial charge < -0.3 is 15.5 Å². The largest absolute Gasteiger partial charge is 0.325 e. The van der Waals surface area contributed by atoms with Crippen molar-refractivity contribution < 1.29 is 14.0 Å². The van der Waals surface area contributed by atoms with Gasteiger partial charge in [0.05, 0.1) is 23.1 Å². The second-order valence-electron chi connectivity index (χ2n) is 5.51. The van der Waals surface area contributed by atoms with Gasteiger partial charge in [-0.25, -0.2) is 9.18 Å². The van der Waals surface area contributed by atoms with Gasteiger partial charge in [-0.15, -0.1) is 0 Å². The van der Waals surface area contributed by atoms with Crippen LogP contribution in [0.5, 0.6) is 0 Å². The zero-order valence-electron chi connectivity index (χ0n) is 13.0. The fourth-order valence-electron chi connectivity index (χ4n) is 2.56. The molecule has 7 heteroatoms. The second kappa shape index (κ2) is 7.08. The monoisotopic (exact) mass is 328 g/mol. The van der Waals surface area contributed by atoms with Crippen molar-refractivity contribution in [3.8, 4) is 0 Å². The molecule has 0 unspecified atom stereocenters. The van der Waals surface area contributed by atoms with Crippen molar-refractivity contribution in [2.75, 3.05) is 23.7 Å². The SMILES string of the molecule is O=C(Nc1cccnc1)c1cc(F)ccc1NC(=O)N1CCCC1. The van der Waals surface area contributed by atoms with Crippen molar-refractivity contribution in [1.29, 1.82) is 0 Å². The molecule has 0 spiro atoms. The lowest BCUT2D eigenvalue weighted by Crippen LogP contribution is -2.32. The fourth-order valence-corrected chi connectivity index (χ4v) is 2.56. The summed E-state index contributed by atoms with van der Waals surface area (Å²) in [6, 6.07) is 6.77. The van der Waals surface area contributed by atoms with Crippen LogP contribution in [-0.4, -0.2) is 34.9 Å². The highest BCUT2D eigenvalue weighted by atomic mass is 19.1. The third-order valence-corrected chi connectivity index (χ3v) is 3.78. The summed E-state index contributed by atoms with van der Waals surface area (Å²) in [4.78, 5) is 30.2. The molecular formula is C17H17FN4O2. The van der Waals surface area contributed by atoms with Gasteiger partial charge in [-0.3, -0.25) is 9.78 Å². The van der Waals surface area contributed by atoms with Gasteiger partial charge in [0, 0.05) is 19.3 Å². The van der Waals surface area contributed by atoms with Gasteiger partial charge in [-0.2, -0.15) is 0 Å². The maximum Gasteiger partial charge on any atom is 0.321 e. The van der Waals surface area contributed by atoms with Crippen LogP contribution >= 0.6 is 0 Å². The highest BCUT2D eigenvalue weighted by Crippen LogP contribution is 2.20. The first-order valence-electron chi connectivity index (χ1n) is 7.70. The Morgan fingerprint density at radius 1 is 1.12 bits per heavy atom. The Labute approximate surface area is 138 Å². The second-order valence-corrected chi connectivity index (χ2v) is 5.51. The highest BCUT2D eigenvalue weighted by molar-refractivity contribution is 6.09. The van der Waals surface area contributed by atoms with Gasteiger partial charge in [-0.1, -0.05) is 0 Å². The number of aromatic nitrogens is 1. The molecule has 2 N–H and O–H groups in total. The zero-order chi connectivity index (χ0) is 16.9. The molecule has 24 heavy (non-hydrogen) atoms. The van der Waals surface area contributed by atoms with Crippen molar-refractivity contribution in [3.63, 3.8) is 0 Å². The molecule has 6 nitrogen and oxygen atoms in total. The molecule has 2 heterocycles. The zero-order valence-corrected chi connectivity index (χ0v) is 13.0. The van der Waals surface area contributed by atoms with E-state index in [4.69, 9.17) is 0 Å². The Bertz CT molecular complexity index is 746. The number of carbonyl (C=O) groups is 2. The van der Waals surface area contributed by atoms with E-state index in [-0.39, 0.29) is 17.3 Å². The lowest BCUT2D eigenvalue weighted by molar-refractivity contribution is 0.102. The Kier molecular flexibility index (Phi) is 4.69. The highest BCUT2D eigenvalue weighted by Gasteiger charge is 2.20. The van der Waals surface area contributed by atoms with Gasteiger partial charge in [0.2, 0.25) is 0 Å². The average molecular weight is 328 g/mol. The third-order valence-electron chi connectivity index (χ3n) is 3.78. The number of hydrogen-bond donors (Lipinski definition) is 2. The lowest BCUT2D eigenvalue weighted by atomic mass is 10.1. The van der Waals surface area contributed by atoms with E-state index in [1.165, 1.54) is 18.3 Å². The summed E-state index contributed by atoms with van der Waals surface area (Å²) >= 11 is 0. The van der Waals surface area contributed by atoms with Gasteiger partial charge in [0.25, 0.3) is 5.91 Å². The minimum Gasteiger partial charge on any atom is -0.325 e. The van der Waals surface area contributed by atoms with Crippen LogP contribution < -0.4 is 10.6 Å². The number of urea groups is 1. The number of nitrogens with one attached hydrogen (secondary N) is 2. The predicted molar refractivity (Wildman–Crippen MR) is 88.4 cm³/mol. The van der Waals surface area contributed by atoms with Crippen LogP contribution in [0, 0.1) is 5.82 Å². The molecule has 124 valence electrons. The van der Waals surface area contributed by atoms with E-state index in [1.54, 1.807) is 23.2 Å². The molecule has 1 aromatic carbocycles. The van der Waals surface area contributed by atoms with Crippen molar-refractivity contribution >= 4 is 23.3 Å². The fraction of sp³-hybridized carbons (Fsp3) is 0.235. The Hall–Kier alpha value is -2.96. The molecule has 3 rings (SSSR count). The number of benzene rings is 1. The normalized spacial score (nSPS) is 13.6. The summed E-state index contributed by atoms with van der Waals surface area (Å²) in [5.41, 5.74) is 0.824. The molecule has 1 saturated heterocycles. The molecule has 3 amide bonds. The quantitative estimate of drug-likeness (QED) is 0.909. The van der Waals surface area contributed by atoms with E-state index in [0.717, 1.165) is 18.9 Å². The summed E-state index contributed by atoms with van der Waals surface area (Å²) in [7, 11) is 0. The Balaban J connectivity index is 1.79. The molecule has 1 aliphatic heterocycles. The molecule has 0 bridgehead atoms. The predicted octanol–water partition coefficient (Wildman–Crippen LogP) is 3.10. The van der Waals surface area contributed by atoms with Crippen molar-refractivity contribution in [1.82, 2.24) is 9.88 Å². The lowest BCUT2D eigenvalue weighted by Gasteiger charge is -2.18. The number of nitrogens with zero attached hydrogens (tertiary/aromatic N) is 2. The summed E-state index contributed by atoms with van der Waals surface area (Å²) in [6.07, 6.45) is 5.00. The van der Waals surface area contributed by atoms with E-state index in [1.807, 2.05) is 0 Å². The molecule has 0 atom stereocenters. The van der Waals surface area contributed by atoms with Crippen LogP contribution in [0.1, 0.15) is 23.2 Å². The molecule has 0 radical (unpaired) electrons. The maximum atomic E-state index is 13.6. The van der Waals surface area contributed by atoms with E-state index in [2.05, 4.69) is 15.6 Å². The number of rotatable bonds is 3. The molecular weight excluding hydrogens is 311 g/mol. The number of anilines is 2. The van der Waals surface area contributed by atoms with Gasteiger partial charge in [0.1, 0.15) is 5.82 Å². The van der Waals surface area contributed by atoms with E-state index in [0.29, 0.717) is 18.8 Å². The first-order valence-corrected chi connectivity index (χ1v) is 7.70. The summed E-state index contributed by atoms with van der Waals surface area (Å²) in [5, 5.41) is 5.33. The minimum atomic E-state index is -0.550. The van der Waals surface area contributed by atoms with Crippen LogP contribution in [0.4, 0.5) is 20.6 Å². The number of halogens is 1. The van der Waals surface area contributed by atoms with Gasteiger partial charge >= 0.3 is 6.03 Å². The van der Waals surface area contributed by atoms with E-state index in [9.17, 15) is 14.0 Å². The van der Waals surface area contributed by atoms with Crippen LogP contribution in [-0.2, 0) is 0 Å². The first-order chi connectivity index (χ1) is 11.6. The van der Waals surface area contributed by atoms with E-state index < -0.39 is 11.7 Å². The number of amides is 3. The summed E-state index contributed by atoms with van der Waals surface area (Å²) in [5.74, 6) is -1.07. The van der Waals surface area contributed by atoms with Crippen LogP contribution in [0.15, 0.2) is 42.7 Å². The first kappa shape index (κ1) is 15.9. The smallest absolute Gasteiger partial charge is 0.321 e. The topological polar surface area (TPSA) is 74.3 Å². The number of carbonyl (C=O) groups excluding carboxylic acids is 2. The van der Waals surface area contributed by atoms with Crippen LogP contribution in [0.25, 0.3) is 0 Å². The van der Waals surface area contributed by atoms with Gasteiger partial charge in [-0.05, 0) is 43.2 Å². The van der Waals surface area contributed by atoms with Crippen LogP contribution in [0.3, 0.4) is 0 Å². The number of hydrogen-bond acceptors (Lipinski definition) is 3. The Morgan fingerprint density at radius 3 is 2.62 bits per heavy atom. The minimum absolute atomic E-state index is 0.0615. The molecule has 1 aromatic heterocycles. The molecule has 0 aliphatic carbocycles. The number of likely N-dealkylation sites (tertiary alicyclic amines) is 1. The third kappa shape index (κ3) is 3.68. The van der Waals surface area contributed by atoms with Crippen molar-refractivity contribution in [2.45, 2.75) is 12.8 Å². The van der Waals surface area contributed by atoms with Crippen LogP contribution in [0.2, 0.25) is 0 Å². The average Bonchev–Trinajstić information content (AvgIpc) is 3.12. The van der Waals surface area contributed by atoms with Crippen molar-refractivity contribution in [3.05, 3.63) is 54.1 Å². The molecule has 2 aromatic rings. The standard InChI is InChI=1S/C17H17FN4O2/c18-12-5-6-15(21-17(24)22-8-1-2-9-22)14(10-12)16(23)20-13-4-3-7-19-11-13/h3-7,10-11H,1-2,8-9H2,(H,20,23)(H,21,24). The maximum absolute atomic E-state index is 13.6. The van der Waals surface area contributed by atoms with Crippen molar-refractivity contribution in [2.24, 2.45) is 0 Å².